The minimum absolute atomic E-state index is 0.00782. The molecule has 1 heterocycles. The number of amides is 1. The maximum atomic E-state index is 11.1. The molecule has 0 aromatic rings. The number of rotatable bonds is 2. The Morgan fingerprint density at radius 3 is 2.67 bits per heavy atom. The summed E-state index contributed by atoms with van der Waals surface area (Å²) in [5.41, 5.74) is 5.33. The number of nitrogens with zero attached hydrogens (tertiary/aromatic N) is 1. The number of hydrogen-bond donors (Lipinski definition) is 2. The molecule has 2 rings (SSSR count). The minimum atomic E-state index is -0.198. The molecule has 1 amide bonds. The zero-order valence-corrected chi connectivity index (χ0v) is 9.06. The molecule has 2 aliphatic rings. The topological polar surface area (TPSA) is 66.6 Å². The van der Waals surface area contributed by atoms with Gasteiger partial charge in [0, 0.05) is 12.6 Å². The zero-order valence-electron chi connectivity index (χ0n) is 9.06. The Bertz CT molecular complexity index is 245. The molecule has 0 bridgehead atoms. The summed E-state index contributed by atoms with van der Waals surface area (Å²) in [5.74, 6) is -0.196. The fraction of sp³-hybridized carbons (Fsp3) is 0.909. The average Bonchev–Trinajstić information content (AvgIpc) is 2.64. The van der Waals surface area contributed by atoms with Crippen LogP contribution in [0.25, 0.3) is 0 Å². The van der Waals surface area contributed by atoms with Crippen molar-refractivity contribution in [2.45, 2.75) is 44.2 Å². The van der Waals surface area contributed by atoms with Crippen molar-refractivity contribution in [1.29, 1.82) is 0 Å². The molecular formula is C11H20N2O2. The van der Waals surface area contributed by atoms with Crippen LogP contribution >= 0.6 is 0 Å². The molecule has 4 heteroatoms. The molecule has 2 fully saturated rings. The molecular weight excluding hydrogens is 192 g/mol. The van der Waals surface area contributed by atoms with Gasteiger partial charge in [-0.25, -0.2) is 0 Å². The number of primary amides is 1. The lowest BCUT2D eigenvalue weighted by Gasteiger charge is -2.36. The summed E-state index contributed by atoms with van der Waals surface area (Å²) in [6.45, 7) is 1.75. The lowest BCUT2D eigenvalue weighted by molar-refractivity contribution is -0.124. The number of aliphatic hydroxyl groups excluding tert-OH is 1. The fourth-order valence-corrected chi connectivity index (χ4v) is 2.89. The van der Waals surface area contributed by atoms with Gasteiger partial charge < -0.3 is 10.8 Å². The van der Waals surface area contributed by atoms with Crippen LogP contribution in [0.3, 0.4) is 0 Å². The molecule has 3 N–H and O–H groups in total. The summed E-state index contributed by atoms with van der Waals surface area (Å²) in [5, 5.41) is 9.81. The number of hydrogen-bond acceptors (Lipinski definition) is 3. The first-order valence-corrected chi connectivity index (χ1v) is 5.90. The van der Waals surface area contributed by atoms with E-state index in [0.29, 0.717) is 0 Å². The summed E-state index contributed by atoms with van der Waals surface area (Å²) in [6, 6.07) is 0.271. The van der Waals surface area contributed by atoms with Crippen molar-refractivity contribution in [3.8, 4) is 0 Å². The van der Waals surface area contributed by atoms with E-state index >= 15 is 0 Å². The van der Waals surface area contributed by atoms with Crippen LogP contribution in [0.2, 0.25) is 0 Å². The SMILES string of the molecule is NC(=O)C1CCCN([C@@H]2CCC[C@H]2O)C1. The Kier molecular flexibility index (Phi) is 3.26. The molecule has 1 unspecified atom stereocenters. The standard InChI is InChI=1S/C11H20N2O2/c12-11(15)8-3-2-6-13(7-8)9-4-1-5-10(9)14/h8-10,14H,1-7H2,(H2,12,15)/t8?,9-,10-/m1/s1. The van der Waals surface area contributed by atoms with Gasteiger partial charge in [0.05, 0.1) is 12.0 Å². The van der Waals surface area contributed by atoms with Crippen LogP contribution in [0, 0.1) is 5.92 Å². The molecule has 0 spiro atoms. The lowest BCUT2D eigenvalue weighted by Crippen LogP contribution is -2.48. The molecule has 3 atom stereocenters. The fourth-order valence-electron chi connectivity index (χ4n) is 2.89. The van der Waals surface area contributed by atoms with Gasteiger partial charge in [-0.15, -0.1) is 0 Å². The van der Waals surface area contributed by atoms with Crippen LogP contribution in [0.1, 0.15) is 32.1 Å². The quantitative estimate of drug-likeness (QED) is 0.682. The maximum Gasteiger partial charge on any atom is 0.221 e. The Morgan fingerprint density at radius 2 is 2.07 bits per heavy atom. The van der Waals surface area contributed by atoms with Crippen molar-refractivity contribution >= 4 is 5.91 Å². The van der Waals surface area contributed by atoms with E-state index in [1.54, 1.807) is 0 Å². The Balaban J connectivity index is 1.94. The van der Waals surface area contributed by atoms with E-state index in [2.05, 4.69) is 4.90 Å². The largest absolute Gasteiger partial charge is 0.391 e. The highest BCUT2D eigenvalue weighted by Crippen LogP contribution is 2.28. The third-order valence-corrected chi connectivity index (χ3v) is 3.77. The molecule has 1 saturated heterocycles. The van der Waals surface area contributed by atoms with E-state index in [1.807, 2.05) is 0 Å². The normalized spacial score (nSPS) is 38.1. The van der Waals surface area contributed by atoms with Gasteiger partial charge in [0.1, 0.15) is 0 Å². The zero-order chi connectivity index (χ0) is 10.8. The van der Waals surface area contributed by atoms with Gasteiger partial charge in [-0.1, -0.05) is 0 Å². The van der Waals surface area contributed by atoms with Crippen LogP contribution in [0.5, 0.6) is 0 Å². The predicted octanol–water partition coefficient (Wildman–Crippen LogP) is 0.0971. The molecule has 0 radical (unpaired) electrons. The molecule has 1 aliphatic heterocycles. The summed E-state index contributed by atoms with van der Waals surface area (Å²) < 4.78 is 0. The number of nitrogens with two attached hydrogens (primary N) is 1. The first-order valence-electron chi connectivity index (χ1n) is 5.90. The first kappa shape index (κ1) is 10.9. The van der Waals surface area contributed by atoms with Crippen molar-refractivity contribution in [3.63, 3.8) is 0 Å². The van der Waals surface area contributed by atoms with Crippen molar-refractivity contribution in [2.24, 2.45) is 11.7 Å². The summed E-state index contributed by atoms with van der Waals surface area (Å²) in [6.07, 6.45) is 4.81. The van der Waals surface area contributed by atoms with Gasteiger partial charge in [0.15, 0.2) is 0 Å². The number of carbonyl (C=O) groups excluding carboxylic acids is 1. The molecule has 4 nitrogen and oxygen atoms in total. The Labute approximate surface area is 90.4 Å². The van der Waals surface area contributed by atoms with Gasteiger partial charge in [-0.05, 0) is 38.6 Å². The van der Waals surface area contributed by atoms with Crippen molar-refractivity contribution in [2.75, 3.05) is 13.1 Å². The van der Waals surface area contributed by atoms with Crippen LogP contribution in [-0.2, 0) is 4.79 Å². The number of aliphatic hydroxyl groups is 1. The van der Waals surface area contributed by atoms with E-state index < -0.39 is 0 Å². The summed E-state index contributed by atoms with van der Waals surface area (Å²) in [7, 11) is 0. The van der Waals surface area contributed by atoms with Crippen LogP contribution < -0.4 is 5.73 Å². The molecule has 86 valence electrons. The van der Waals surface area contributed by atoms with E-state index in [9.17, 15) is 9.90 Å². The molecule has 15 heavy (non-hydrogen) atoms. The second kappa shape index (κ2) is 4.49. The van der Waals surface area contributed by atoms with Crippen molar-refractivity contribution < 1.29 is 9.90 Å². The predicted molar refractivity (Wildman–Crippen MR) is 57.1 cm³/mol. The maximum absolute atomic E-state index is 11.1. The van der Waals surface area contributed by atoms with Gasteiger partial charge in [0.25, 0.3) is 0 Å². The van der Waals surface area contributed by atoms with Gasteiger partial charge in [-0.3, -0.25) is 9.69 Å². The number of carbonyl (C=O) groups is 1. The average molecular weight is 212 g/mol. The number of likely N-dealkylation sites (tertiary alicyclic amines) is 1. The molecule has 0 aromatic carbocycles. The highest BCUT2D eigenvalue weighted by molar-refractivity contribution is 5.76. The number of piperidine rings is 1. The molecule has 1 saturated carbocycles. The Hall–Kier alpha value is -0.610. The van der Waals surface area contributed by atoms with E-state index in [4.69, 9.17) is 5.73 Å². The smallest absolute Gasteiger partial charge is 0.221 e. The monoisotopic (exact) mass is 212 g/mol. The lowest BCUT2D eigenvalue weighted by atomic mass is 9.95. The second-order valence-electron chi connectivity index (χ2n) is 4.80. The van der Waals surface area contributed by atoms with Crippen molar-refractivity contribution in [1.82, 2.24) is 4.90 Å². The van der Waals surface area contributed by atoms with E-state index in [-0.39, 0.29) is 24.0 Å². The van der Waals surface area contributed by atoms with Gasteiger partial charge in [-0.2, -0.15) is 0 Å². The third-order valence-electron chi connectivity index (χ3n) is 3.77. The second-order valence-corrected chi connectivity index (χ2v) is 4.80. The van der Waals surface area contributed by atoms with E-state index in [1.165, 1.54) is 0 Å². The van der Waals surface area contributed by atoms with E-state index in [0.717, 1.165) is 45.2 Å². The Morgan fingerprint density at radius 1 is 1.27 bits per heavy atom. The van der Waals surface area contributed by atoms with Crippen LogP contribution in [0.4, 0.5) is 0 Å². The highest BCUT2D eigenvalue weighted by atomic mass is 16.3. The summed E-state index contributed by atoms with van der Waals surface area (Å²) >= 11 is 0. The minimum Gasteiger partial charge on any atom is -0.391 e. The van der Waals surface area contributed by atoms with Crippen LogP contribution in [0.15, 0.2) is 0 Å². The van der Waals surface area contributed by atoms with Gasteiger partial charge in [0.2, 0.25) is 5.91 Å². The molecule has 1 aliphatic carbocycles. The van der Waals surface area contributed by atoms with Crippen molar-refractivity contribution in [3.05, 3.63) is 0 Å². The molecule has 0 aromatic heterocycles. The summed E-state index contributed by atoms with van der Waals surface area (Å²) in [4.78, 5) is 13.4. The third kappa shape index (κ3) is 2.32. The first-order chi connectivity index (χ1) is 7.18. The van der Waals surface area contributed by atoms with Gasteiger partial charge >= 0.3 is 0 Å². The highest BCUT2D eigenvalue weighted by Gasteiger charge is 2.34. The van der Waals surface area contributed by atoms with Crippen LogP contribution in [-0.4, -0.2) is 41.1 Å².